The molecule has 5 rings (SSSR count). The number of hydrogen-bond acceptors (Lipinski definition) is 6. The number of halogens is 1. The fraction of sp³-hybridized carbons (Fsp3) is 0.320. The highest BCUT2D eigenvalue weighted by Crippen LogP contribution is 2.31. The molecule has 1 aliphatic rings. The van der Waals surface area contributed by atoms with E-state index in [1.807, 2.05) is 48.6 Å². The van der Waals surface area contributed by atoms with E-state index >= 15 is 0 Å². The number of imidazole rings is 1. The summed E-state index contributed by atoms with van der Waals surface area (Å²) in [5.74, 6) is 0.493. The standard InChI is InChI=1S/C25H27ClN6O2S/c1-14(10-21-17(26)5-9-35-21)28-18-4-6-27-24(33)22(18)23-29-19-11-15-13-32(8-7-31(2)3)25(34)16(15)12-20(19)30-23/h4-6,9,11-12,14H,7-8,10,13H2,1-3H3,(H,29,30)(H2,27,28,33)/t14-/m0/s1. The van der Waals surface area contributed by atoms with Crippen molar-refractivity contribution >= 4 is 45.6 Å². The SMILES string of the molecule is C[C@@H](Cc1sccc1Cl)Nc1cc[nH]c(=O)c1-c1nc2cc3c(cc2[nH]1)C(=O)N(CCN(C)C)C3. The maximum absolute atomic E-state index is 12.9. The Kier molecular flexibility index (Phi) is 6.39. The van der Waals surface area contributed by atoms with Gasteiger partial charge in [0.05, 0.1) is 21.7 Å². The Hall–Kier alpha value is -3.14. The second kappa shape index (κ2) is 9.49. The number of anilines is 1. The second-order valence-corrected chi connectivity index (χ2v) is 10.6. The summed E-state index contributed by atoms with van der Waals surface area (Å²) in [5.41, 5.74) is 3.99. The number of aromatic amines is 2. The zero-order valence-electron chi connectivity index (χ0n) is 19.8. The van der Waals surface area contributed by atoms with Gasteiger partial charge in [-0.3, -0.25) is 9.59 Å². The van der Waals surface area contributed by atoms with Crippen LogP contribution < -0.4 is 10.9 Å². The predicted molar refractivity (Wildman–Crippen MR) is 142 cm³/mol. The first-order valence-corrected chi connectivity index (χ1v) is 12.7. The second-order valence-electron chi connectivity index (χ2n) is 9.18. The van der Waals surface area contributed by atoms with Crippen molar-refractivity contribution in [3.05, 3.63) is 67.2 Å². The van der Waals surface area contributed by atoms with Crippen LogP contribution in [0.15, 0.2) is 40.6 Å². The molecule has 0 saturated carbocycles. The molecular weight excluding hydrogens is 484 g/mol. The lowest BCUT2D eigenvalue weighted by molar-refractivity contribution is 0.0768. The first-order chi connectivity index (χ1) is 16.8. The highest BCUT2D eigenvalue weighted by Gasteiger charge is 2.28. The van der Waals surface area contributed by atoms with Crippen LogP contribution in [0.4, 0.5) is 5.69 Å². The molecule has 1 aromatic carbocycles. The summed E-state index contributed by atoms with van der Waals surface area (Å²) in [6, 6.07) is 7.58. The minimum Gasteiger partial charge on any atom is -0.381 e. The van der Waals surface area contributed by atoms with Gasteiger partial charge in [-0.1, -0.05) is 11.6 Å². The molecule has 3 aromatic heterocycles. The normalized spacial score (nSPS) is 14.2. The van der Waals surface area contributed by atoms with Gasteiger partial charge in [0.1, 0.15) is 11.4 Å². The summed E-state index contributed by atoms with van der Waals surface area (Å²) in [7, 11) is 3.99. The minimum atomic E-state index is -0.242. The fourth-order valence-electron chi connectivity index (χ4n) is 4.40. The summed E-state index contributed by atoms with van der Waals surface area (Å²) >= 11 is 7.88. The molecule has 0 radical (unpaired) electrons. The maximum atomic E-state index is 12.9. The van der Waals surface area contributed by atoms with E-state index in [1.165, 1.54) is 0 Å². The van der Waals surface area contributed by atoms with Gasteiger partial charge in [-0.05, 0) is 56.2 Å². The van der Waals surface area contributed by atoms with Crippen LogP contribution in [0.5, 0.6) is 0 Å². The molecule has 8 nitrogen and oxygen atoms in total. The number of carbonyl (C=O) groups is 1. The average molecular weight is 511 g/mol. The van der Waals surface area contributed by atoms with E-state index < -0.39 is 0 Å². The van der Waals surface area contributed by atoms with Gasteiger partial charge in [0, 0.05) is 48.7 Å². The number of rotatable bonds is 8. The average Bonchev–Trinajstić information content (AvgIpc) is 3.48. The van der Waals surface area contributed by atoms with Gasteiger partial charge < -0.3 is 25.1 Å². The summed E-state index contributed by atoms with van der Waals surface area (Å²) in [5, 5.41) is 6.18. The number of H-pyrrole nitrogens is 2. The van der Waals surface area contributed by atoms with Crippen LogP contribution in [0, 0.1) is 0 Å². The quantitative estimate of drug-likeness (QED) is 0.330. The van der Waals surface area contributed by atoms with E-state index in [-0.39, 0.29) is 17.5 Å². The number of thiophene rings is 1. The summed E-state index contributed by atoms with van der Waals surface area (Å²) in [6.07, 6.45) is 2.36. The van der Waals surface area contributed by atoms with E-state index in [4.69, 9.17) is 16.6 Å². The van der Waals surface area contributed by atoms with Gasteiger partial charge in [0.25, 0.3) is 11.5 Å². The molecule has 0 unspecified atom stereocenters. The molecule has 1 aliphatic heterocycles. The van der Waals surface area contributed by atoms with Crippen molar-refractivity contribution in [2.24, 2.45) is 0 Å². The summed E-state index contributed by atoms with van der Waals surface area (Å²) < 4.78 is 0. The van der Waals surface area contributed by atoms with Crippen molar-refractivity contribution in [2.75, 3.05) is 32.5 Å². The van der Waals surface area contributed by atoms with Crippen molar-refractivity contribution < 1.29 is 4.79 Å². The third-order valence-corrected chi connectivity index (χ3v) is 7.59. The van der Waals surface area contributed by atoms with Crippen LogP contribution >= 0.6 is 22.9 Å². The van der Waals surface area contributed by atoms with E-state index in [9.17, 15) is 9.59 Å². The van der Waals surface area contributed by atoms with E-state index in [0.29, 0.717) is 35.7 Å². The number of likely N-dealkylation sites (N-methyl/N-ethyl adjacent to an activating group) is 1. The Morgan fingerprint density at radius 1 is 1.29 bits per heavy atom. The molecule has 1 atom stereocenters. The molecule has 0 saturated heterocycles. The number of fused-ring (bicyclic) bond motifs is 2. The largest absolute Gasteiger partial charge is 0.381 e. The van der Waals surface area contributed by atoms with Crippen molar-refractivity contribution in [3.8, 4) is 11.4 Å². The van der Waals surface area contributed by atoms with Gasteiger partial charge in [-0.25, -0.2) is 4.98 Å². The Balaban J connectivity index is 1.43. The monoisotopic (exact) mass is 510 g/mol. The molecule has 3 N–H and O–H groups in total. The highest BCUT2D eigenvalue weighted by atomic mass is 35.5. The number of nitrogens with zero attached hydrogens (tertiary/aromatic N) is 3. The van der Waals surface area contributed by atoms with Crippen LogP contribution in [0.1, 0.15) is 27.7 Å². The number of amides is 1. The molecule has 1 amide bonds. The third kappa shape index (κ3) is 4.71. The number of nitrogens with one attached hydrogen (secondary N) is 3. The molecule has 0 fully saturated rings. The maximum Gasteiger partial charge on any atom is 0.261 e. The van der Waals surface area contributed by atoms with E-state index in [2.05, 4.69) is 27.1 Å². The molecular formula is C25H27ClN6O2S. The van der Waals surface area contributed by atoms with Gasteiger partial charge >= 0.3 is 0 Å². The number of benzene rings is 1. The number of aromatic nitrogens is 3. The molecule has 182 valence electrons. The van der Waals surface area contributed by atoms with Crippen molar-refractivity contribution in [3.63, 3.8) is 0 Å². The van der Waals surface area contributed by atoms with E-state index in [0.717, 1.165) is 39.5 Å². The van der Waals surface area contributed by atoms with Crippen molar-refractivity contribution in [1.82, 2.24) is 24.8 Å². The third-order valence-electron chi connectivity index (χ3n) is 6.18. The zero-order chi connectivity index (χ0) is 24.7. The molecule has 0 spiro atoms. The van der Waals surface area contributed by atoms with E-state index in [1.54, 1.807) is 17.5 Å². The predicted octanol–water partition coefficient (Wildman–Crippen LogP) is 4.19. The summed E-state index contributed by atoms with van der Waals surface area (Å²) in [4.78, 5) is 41.5. The first kappa shape index (κ1) is 23.6. The Morgan fingerprint density at radius 2 is 2.11 bits per heavy atom. The zero-order valence-corrected chi connectivity index (χ0v) is 21.4. The molecule has 0 bridgehead atoms. The van der Waals surface area contributed by atoms with Crippen molar-refractivity contribution in [1.29, 1.82) is 0 Å². The molecule has 4 aromatic rings. The lowest BCUT2D eigenvalue weighted by atomic mass is 10.1. The molecule has 10 heteroatoms. The Morgan fingerprint density at radius 3 is 2.86 bits per heavy atom. The molecule has 0 aliphatic carbocycles. The van der Waals surface area contributed by atoms with Gasteiger partial charge in [0.15, 0.2) is 0 Å². The lowest BCUT2D eigenvalue weighted by Crippen LogP contribution is -2.31. The highest BCUT2D eigenvalue weighted by molar-refractivity contribution is 7.10. The van der Waals surface area contributed by atoms with Gasteiger partial charge in [0.2, 0.25) is 0 Å². The smallest absolute Gasteiger partial charge is 0.261 e. The van der Waals surface area contributed by atoms with Crippen LogP contribution in [0.2, 0.25) is 5.02 Å². The number of hydrogen-bond donors (Lipinski definition) is 3. The van der Waals surface area contributed by atoms with Gasteiger partial charge in [-0.15, -0.1) is 11.3 Å². The fourth-order valence-corrected chi connectivity index (χ4v) is 5.64. The van der Waals surface area contributed by atoms with Gasteiger partial charge in [-0.2, -0.15) is 0 Å². The molecule has 4 heterocycles. The van der Waals surface area contributed by atoms with Crippen LogP contribution in [0.3, 0.4) is 0 Å². The summed E-state index contributed by atoms with van der Waals surface area (Å²) in [6.45, 7) is 4.11. The minimum absolute atomic E-state index is 0.0286. The lowest BCUT2D eigenvalue weighted by Gasteiger charge is -2.18. The first-order valence-electron chi connectivity index (χ1n) is 11.5. The van der Waals surface area contributed by atoms with Crippen LogP contribution in [-0.4, -0.2) is 63.9 Å². The van der Waals surface area contributed by atoms with Crippen LogP contribution in [-0.2, 0) is 13.0 Å². The number of carbonyl (C=O) groups excluding carboxylic acids is 1. The van der Waals surface area contributed by atoms with Crippen molar-refractivity contribution in [2.45, 2.75) is 25.9 Å². The Bertz CT molecular complexity index is 1460. The van der Waals surface area contributed by atoms with Crippen LogP contribution in [0.25, 0.3) is 22.4 Å². The Labute approximate surface area is 211 Å². The topological polar surface area (TPSA) is 97.1 Å². The molecule has 35 heavy (non-hydrogen) atoms. The number of pyridine rings is 1.